The summed E-state index contributed by atoms with van der Waals surface area (Å²) in [6.45, 7) is 12.0. The van der Waals surface area contributed by atoms with Crippen LogP contribution in [-0.2, 0) is 0 Å². The standard InChI is InChI=1S/C11H24N2/c1-5-11(2,3)13-8-6-7-12(4)9-10-13/h5-10H2,1-4H3. The molecule has 0 aromatic heterocycles. The average molecular weight is 184 g/mol. The number of hydrogen-bond donors (Lipinski definition) is 0. The lowest BCUT2D eigenvalue weighted by atomic mass is 9.99. The van der Waals surface area contributed by atoms with Crippen LogP contribution in [0.1, 0.15) is 33.6 Å². The predicted octanol–water partition coefficient (Wildman–Crippen LogP) is 1.81. The fourth-order valence-corrected chi connectivity index (χ4v) is 1.88. The molecule has 0 amide bonds. The first-order valence-corrected chi connectivity index (χ1v) is 5.50. The molecule has 0 radical (unpaired) electrons. The molecule has 0 atom stereocenters. The first-order valence-electron chi connectivity index (χ1n) is 5.50. The van der Waals surface area contributed by atoms with Gasteiger partial charge in [-0.1, -0.05) is 6.92 Å². The zero-order valence-electron chi connectivity index (χ0n) is 9.64. The van der Waals surface area contributed by atoms with Crippen molar-refractivity contribution in [2.75, 3.05) is 33.2 Å². The molecule has 0 aromatic carbocycles. The zero-order valence-corrected chi connectivity index (χ0v) is 9.64. The van der Waals surface area contributed by atoms with Gasteiger partial charge in [0.15, 0.2) is 0 Å². The van der Waals surface area contributed by atoms with E-state index in [0.717, 1.165) is 0 Å². The lowest BCUT2D eigenvalue weighted by molar-refractivity contribution is 0.121. The van der Waals surface area contributed by atoms with Crippen LogP contribution in [0.4, 0.5) is 0 Å². The molecule has 0 aliphatic carbocycles. The lowest BCUT2D eigenvalue weighted by Gasteiger charge is -2.37. The molecule has 2 nitrogen and oxygen atoms in total. The second-order valence-corrected chi connectivity index (χ2v) is 4.81. The van der Waals surface area contributed by atoms with Gasteiger partial charge in [-0.05, 0) is 46.8 Å². The zero-order chi connectivity index (χ0) is 9.90. The second-order valence-electron chi connectivity index (χ2n) is 4.81. The molecule has 2 heteroatoms. The summed E-state index contributed by atoms with van der Waals surface area (Å²) < 4.78 is 0. The van der Waals surface area contributed by atoms with Crippen molar-refractivity contribution in [2.45, 2.75) is 39.2 Å². The average Bonchev–Trinajstić information content (AvgIpc) is 2.30. The van der Waals surface area contributed by atoms with Gasteiger partial charge in [0.1, 0.15) is 0 Å². The van der Waals surface area contributed by atoms with Gasteiger partial charge in [0.2, 0.25) is 0 Å². The molecule has 78 valence electrons. The van der Waals surface area contributed by atoms with Crippen molar-refractivity contribution in [1.82, 2.24) is 9.80 Å². The molecule has 1 rings (SSSR count). The summed E-state index contributed by atoms with van der Waals surface area (Å²) in [5.74, 6) is 0. The van der Waals surface area contributed by atoms with Crippen LogP contribution in [0.5, 0.6) is 0 Å². The molecule has 1 aliphatic heterocycles. The quantitative estimate of drug-likeness (QED) is 0.646. The maximum atomic E-state index is 2.64. The fourth-order valence-electron chi connectivity index (χ4n) is 1.88. The Morgan fingerprint density at radius 2 is 1.77 bits per heavy atom. The Hall–Kier alpha value is -0.0800. The summed E-state index contributed by atoms with van der Waals surface area (Å²) in [4.78, 5) is 5.07. The van der Waals surface area contributed by atoms with E-state index in [0.29, 0.717) is 5.54 Å². The molecule has 1 saturated heterocycles. The molecule has 0 spiro atoms. The third-order valence-electron chi connectivity index (χ3n) is 3.44. The summed E-state index contributed by atoms with van der Waals surface area (Å²) in [6, 6.07) is 0. The Kier molecular flexibility index (Phi) is 3.74. The van der Waals surface area contributed by atoms with Crippen LogP contribution in [-0.4, -0.2) is 48.6 Å². The van der Waals surface area contributed by atoms with Gasteiger partial charge in [0, 0.05) is 18.6 Å². The number of rotatable bonds is 2. The molecule has 13 heavy (non-hydrogen) atoms. The van der Waals surface area contributed by atoms with Gasteiger partial charge in [0.25, 0.3) is 0 Å². The van der Waals surface area contributed by atoms with E-state index in [-0.39, 0.29) is 0 Å². The second kappa shape index (κ2) is 4.43. The largest absolute Gasteiger partial charge is 0.305 e. The van der Waals surface area contributed by atoms with Gasteiger partial charge in [-0.25, -0.2) is 0 Å². The molecular weight excluding hydrogens is 160 g/mol. The number of hydrogen-bond acceptors (Lipinski definition) is 2. The van der Waals surface area contributed by atoms with E-state index in [1.165, 1.54) is 39.0 Å². The molecule has 0 bridgehead atoms. The van der Waals surface area contributed by atoms with E-state index in [1.807, 2.05) is 0 Å². The Bertz CT molecular complexity index is 154. The third-order valence-corrected chi connectivity index (χ3v) is 3.44. The SMILES string of the molecule is CCC(C)(C)N1CCCN(C)CC1. The fraction of sp³-hybridized carbons (Fsp3) is 1.00. The first-order chi connectivity index (χ1) is 6.06. The van der Waals surface area contributed by atoms with E-state index < -0.39 is 0 Å². The Labute approximate surface area is 82.9 Å². The summed E-state index contributed by atoms with van der Waals surface area (Å²) in [5, 5.41) is 0. The van der Waals surface area contributed by atoms with Crippen molar-refractivity contribution >= 4 is 0 Å². The maximum Gasteiger partial charge on any atom is 0.0151 e. The summed E-state index contributed by atoms with van der Waals surface area (Å²) >= 11 is 0. The van der Waals surface area contributed by atoms with Crippen LogP contribution in [0.15, 0.2) is 0 Å². The van der Waals surface area contributed by atoms with Crippen LogP contribution in [0.25, 0.3) is 0 Å². The van der Waals surface area contributed by atoms with Gasteiger partial charge in [-0.15, -0.1) is 0 Å². The van der Waals surface area contributed by atoms with Crippen molar-refractivity contribution < 1.29 is 0 Å². The van der Waals surface area contributed by atoms with Crippen LogP contribution in [0.2, 0.25) is 0 Å². The number of nitrogens with zero attached hydrogens (tertiary/aromatic N) is 2. The predicted molar refractivity (Wildman–Crippen MR) is 58.1 cm³/mol. The number of likely N-dealkylation sites (N-methyl/N-ethyl adjacent to an activating group) is 1. The van der Waals surface area contributed by atoms with E-state index in [2.05, 4.69) is 37.6 Å². The molecule has 1 aliphatic rings. The molecule has 0 saturated carbocycles. The van der Waals surface area contributed by atoms with Crippen LogP contribution in [0, 0.1) is 0 Å². The lowest BCUT2D eigenvalue weighted by Crippen LogP contribution is -2.45. The highest BCUT2D eigenvalue weighted by Gasteiger charge is 2.25. The van der Waals surface area contributed by atoms with E-state index in [1.54, 1.807) is 0 Å². The van der Waals surface area contributed by atoms with Gasteiger partial charge in [0.05, 0.1) is 0 Å². The summed E-state index contributed by atoms with van der Waals surface area (Å²) in [6.07, 6.45) is 2.57. The highest BCUT2D eigenvalue weighted by atomic mass is 15.2. The molecule has 1 fully saturated rings. The Morgan fingerprint density at radius 1 is 1.08 bits per heavy atom. The molecule has 0 unspecified atom stereocenters. The van der Waals surface area contributed by atoms with Gasteiger partial charge in [-0.2, -0.15) is 0 Å². The molecule has 0 aromatic rings. The topological polar surface area (TPSA) is 6.48 Å². The minimum absolute atomic E-state index is 0.394. The first kappa shape index (κ1) is 11.0. The molecule has 1 heterocycles. The van der Waals surface area contributed by atoms with Crippen molar-refractivity contribution in [3.8, 4) is 0 Å². The smallest absolute Gasteiger partial charge is 0.0151 e. The van der Waals surface area contributed by atoms with Crippen molar-refractivity contribution in [3.63, 3.8) is 0 Å². The van der Waals surface area contributed by atoms with Gasteiger partial charge < -0.3 is 4.90 Å². The van der Waals surface area contributed by atoms with Gasteiger partial charge >= 0.3 is 0 Å². The summed E-state index contributed by atoms with van der Waals surface area (Å²) in [5.41, 5.74) is 0.394. The molecular formula is C11H24N2. The van der Waals surface area contributed by atoms with Crippen LogP contribution >= 0.6 is 0 Å². The van der Waals surface area contributed by atoms with Crippen LogP contribution in [0.3, 0.4) is 0 Å². The molecule has 0 N–H and O–H groups in total. The monoisotopic (exact) mass is 184 g/mol. The van der Waals surface area contributed by atoms with Gasteiger partial charge in [-0.3, -0.25) is 4.90 Å². The minimum Gasteiger partial charge on any atom is -0.305 e. The van der Waals surface area contributed by atoms with Crippen molar-refractivity contribution in [3.05, 3.63) is 0 Å². The summed E-state index contributed by atoms with van der Waals surface area (Å²) in [7, 11) is 2.22. The Balaban J connectivity index is 2.50. The highest BCUT2D eigenvalue weighted by molar-refractivity contribution is 4.82. The maximum absolute atomic E-state index is 2.64. The van der Waals surface area contributed by atoms with Crippen molar-refractivity contribution in [1.29, 1.82) is 0 Å². The minimum atomic E-state index is 0.394. The third kappa shape index (κ3) is 2.96. The normalized spacial score (nSPS) is 23.1. The van der Waals surface area contributed by atoms with Crippen LogP contribution < -0.4 is 0 Å². The Morgan fingerprint density at radius 3 is 2.38 bits per heavy atom. The van der Waals surface area contributed by atoms with E-state index >= 15 is 0 Å². The highest BCUT2D eigenvalue weighted by Crippen LogP contribution is 2.19. The van der Waals surface area contributed by atoms with E-state index in [9.17, 15) is 0 Å². The van der Waals surface area contributed by atoms with E-state index in [4.69, 9.17) is 0 Å². The van der Waals surface area contributed by atoms with Crippen molar-refractivity contribution in [2.24, 2.45) is 0 Å².